The fourth-order valence-electron chi connectivity index (χ4n) is 1.30. The highest BCUT2D eigenvalue weighted by Gasteiger charge is 2.22. The van der Waals surface area contributed by atoms with E-state index in [1.807, 2.05) is 0 Å². The second kappa shape index (κ2) is 4.02. The van der Waals surface area contributed by atoms with Crippen LogP contribution in [0.1, 0.15) is 23.0 Å². The van der Waals surface area contributed by atoms with Crippen molar-refractivity contribution in [1.82, 2.24) is 15.5 Å². The number of thioether (sulfide) groups is 1. The van der Waals surface area contributed by atoms with Crippen LogP contribution in [0.25, 0.3) is 0 Å². The van der Waals surface area contributed by atoms with Crippen molar-refractivity contribution in [3.63, 3.8) is 0 Å². The van der Waals surface area contributed by atoms with Gasteiger partial charge in [-0.15, -0.1) is 0 Å². The highest BCUT2D eigenvalue weighted by atomic mass is 32.2. The van der Waals surface area contributed by atoms with Gasteiger partial charge in [0.1, 0.15) is 10.7 Å². The summed E-state index contributed by atoms with van der Waals surface area (Å²) in [7, 11) is 0. The van der Waals surface area contributed by atoms with Crippen molar-refractivity contribution in [3.8, 4) is 0 Å². The number of carbonyl (C=O) groups excluding carboxylic acids is 1. The van der Waals surface area contributed by atoms with Gasteiger partial charge in [0.05, 0.1) is 6.61 Å². The number of H-pyrrole nitrogens is 1. The van der Waals surface area contributed by atoms with E-state index in [-0.39, 0.29) is 5.97 Å². The molecule has 1 aromatic heterocycles. The Bertz CT molecular complexity index is 350. The number of fused-ring (bicyclic) bond motifs is 1. The molecule has 1 aromatic rings. The fraction of sp³-hybridized carbons (Fsp3) is 0.500. The van der Waals surface area contributed by atoms with Crippen LogP contribution >= 0.6 is 11.8 Å². The SMILES string of the molecule is CCOC(=O)c1[nH]nc2c1CNCS2. The number of nitrogens with one attached hydrogen (secondary N) is 2. The first-order chi connectivity index (χ1) is 6.83. The number of ether oxygens (including phenoxy) is 1. The minimum absolute atomic E-state index is 0.328. The van der Waals surface area contributed by atoms with Crippen molar-refractivity contribution in [2.75, 3.05) is 12.5 Å². The molecule has 6 heteroatoms. The maximum Gasteiger partial charge on any atom is 0.356 e. The lowest BCUT2D eigenvalue weighted by molar-refractivity contribution is 0.0518. The zero-order valence-corrected chi connectivity index (χ0v) is 8.61. The quantitative estimate of drug-likeness (QED) is 0.709. The maximum atomic E-state index is 11.4. The summed E-state index contributed by atoms with van der Waals surface area (Å²) in [5.74, 6) is 0.505. The van der Waals surface area contributed by atoms with Gasteiger partial charge in [-0.25, -0.2) is 4.79 Å². The predicted octanol–water partition coefficient (Wildman–Crippen LogP) is 0.739. The molecule has 0 aliphatic carbocycles. The molecule has 1 aliphatic rings. The average Bonchev–Trinajstić information content (AvgIpc) is 2.61. The Morgan fingerprint density at radius 3 is 3.36 bits per heavy atom. The zero-order valence-electron chi connectivity index (χ0n) is 7.79. The first kappa shape index (κ1) is 9.54. The van der Waals surface area contributed by atoms with Gasteiger partial charge >= 0.3 is 5.97 Å². The third-order valence-electron chi connectivity index (χ3n) is 1.92. The molecule has 76 valence electrons. The fourth-order valence-corrected chi connectivity index (χ4v) is 2.10. The van der Waals surface area contributed by atoms with E-state index in [1.165, 1.54) is 0 Å². The van der Waals surface area contributed by atoms with Gasteiger partial charge in [-0.1, -0.05) is 11.8 Å². The summed E-state index contributed by atoms with van der Waals surface area (Å²) in [6, 6.07) is 0. The van der Waals surface area contributed by atoms with Crippen LogP contribution in [0.4, 0.5) is 0 Å². The monoisotopic (exact) mass is 213 g/mol. The molecular weight excluding hydrogens is 202 g/mol. The topological polar surface area (TPSA) is 67.0 Å². The van der Waals surface area contributed by atoms with Crippen LogP contribution in [0.2, 0.25) is 0 Å². The first-order valence-electron chi connectivity index (χ1n) is 4.40. The molecule has 0 saturated heterocycles. The summed E-state index contributed by atoms with van der Waals surface area (Å²) in [5.41, 5.74) is 1.39. The van der Waals surface area contributed by atoms with Gasteiger partial charge < -0.3 is 10.1 Å². The standard InChI is InChI=1S/C8H11N3O2S/c1-2-13-8(12)6-5-3-9-4-14-7(5)11-10-6/h9H,2-4H2,1H3,(H,10,11). The molecule has 0 unspecified atom stereocenters. The van der Waals surface area contributed by atoms with Crippen molar-refractivity contribution in [3.05, 3.63) is 11.3 Å². The lowest BCUT2D eigenvalue weighted by atomic mass is 10.2. The van der Waals surface area contributed by atoms with E-state index in [4.69, 9.17) is 4.74 Å². The molecule has 0 spiro atoms. The highest BCUT2D eigenvalue weighted by Crippen LogP contribution is 2.25. The molecule has 1 aliphatic heterocycles. The van der Waals surface area contributed by atoms with Crippen molar-refractivity contribution in [2.24, 2.45) is 0 Å². The largest absolute Gasteiger partial charge is 0.461 e. The Labute approximate surface area is 85.6 Å². The second-order valence-corrected chi connectivity index (χ2v) is 3.78. The number of aromatic nitrogens is 2. The van der Waals surface area contributed by atoms with Crippen LogP contribution in [0.15, 0.2) is 5.03 Å². The van der Waals surface area contributed by atoms with Crippen LogP contribution in [0, 0.1) is 0 Å². The normalized spacial score (nSPS) is 14.9. The number of rotatable bonds is 2. The Balaban J connectivity index is 2.25. The summed E-state index contributed by atoms with van der Waals surface area (Å²) in [6.07, 6.45) is 0. The van der Waals surface area contributed by atoms with E-state index in [0.717, 1.165) is 16.5 Å². The molecule has 0 fully saturated rings. The predicted molar refractivity (Wildman–Crippen MR) is 52.1 cm³/mol. The first-order valence-corrected chi connectivity index (χ1v) is 5.39. The number of hydrogen-bond acceptors (Lipinski definition) is 5. The van der Waals surface area contributed by atoms with E-state index < -0.39 is 0 Å². The Morgan fingerprint density at radius 2 is 2.57 bits per heavy atom. The van der Waals surface area contributed by atoms with Gasteiger partial charge in [-0.2, -0.15) is 5.10 Å². The molecule has 5 nitrogen and oxygen atoms in total. The van der Waals surface area contributed by atoms with E-state index in [9.17, 15) is 4.79 Å². The Morgan fingerprint density at radius 1 is 1.71 bits per heavy atom. The maximum absolute atomic E-state index is 11.4. The molecule has 0 aromatic carbocycles. The molecule has 2 N–H and O–H groups in total. The molecule has 0 radical (unpaired) electrons. The van der Waals surface area contributed by atoms with Crippen LogP contribution < -0.4 is 5.32 Å². The molecule has 0 atom stereocenters. The third kappa shape index (κ3) is 1.62. The summed E-state index contributed by atoms with van der Waals surface area (Å²) in [5, 5.41) is 10.8. The van der Waals surface area contributed by atoms with Gasteiger partial charge in [0.25, 0.3) is 0 Å². The molecule has 14 heavy (non-hydrogen) atoms. The van der Waals surface area contributed by atoms with Crippen LogP contribution in [-0.4, -0.2) is 28.7 Å². The molecule has 0 amide bonds. The molecule has 2 heterocycles. The number of carbonyl (C=O) groups is 1. The summed E-state index contributed by atoms with van der Waals surface area (Å²) in [6.45, 7) is 2.84. The van der Waals surface area contributed by atoms with E-state index in [1.54, 1.807) is 18.7 Å². The Kier molecular flexibility index (Phi) is 2.74. The van der Waals surface area contributed by atoms with Crippen LogP contribution in [0.5, 0.6) is 0 Å². The van der Waals surface area contributed by atoms with E-state index in [0.29, 0.717) is 18.8 Å². The van der Waals surface area contributed by atoms with Crippen molar-refractivity contribution >= 4 is 17.7 Å². The van der Waals surface area contributed by atoms with Gasteiger partial charge in [0.15, 0.2) is 0 Å². The smallest absolute Gasteiger partial charge is 0.356 e. The summed E-state index contributed by atoms with van der Waals surface area (Å²) < 4.78 is 4.91. The number of nitrogens with zero attached hydrogens (tertiary/aromatic N) is 1. The zero-order chi connectivity index (χ0) is 9.97. The van der Waals surface area contributed by atoms with E-state index >= 15 is 0 Å². The minimum Gasteiger partial charge on any atom is -0.461 e. The van der Waals surface area contributed by atoms with Gasteiger partial charge in [-0.05, 0) is 6.92 Å². The average molecular weight is 213 g/mol. The van der Waals surface area contributed by atoms with Gasteiger partial charge in [0, 0.05) is 18.0 Å². The number of hydrogen-bond donors (Lipinski definition) is 2. The number of esters is 1. The minimum atomic E-state index is -0.328. The van der Waals surface area contributed by atoms with Gasteiger partial charge in [-0.3, -0.25) is 5.10 Å². The van der Waals surface area contributed by atoms with Crippen molar-refractivity contribution in [2.45, 2.75) is 18.5 Å². The highest BCUT2D eigenvalue weighted by molar-refractivity contribution is 7.99. The molecule has 2 rings (SSSR count). The van der Waals surface area contributed by atoms with Crippen LogP contribution in [0.3, 0.4) is 0 Å². The molecular formula is C8H11N3O2S. The van der Waals surface area contributed by atoms with Gasteiger partial charge in [0.2, 0.25) is 0 Å². The van der Waals surface area contributed by atoms with E-state index in [2.05, 4.69) is 15.5 Å². The van der Waals surface area contributed by atoms with Crippen LogP contribution in [-0.2, 0) is 11.3 Å². The third-order valence-corrected chi connectivity index (χ3v) is 2.88. The van der Waals surface area contributed by atoms with Crippen molar-refractivity contribution in [1.29, 1.82) is 0 Å². The lowest BCUT2D eigenvalue weighted by Gasteiger charge is -2.11. The van der Waals surface area contributed by atoms with Crippen molar-refractivity contribution < 1.29 is 9.53 Å². The summed E-state index contributed by atoms with van der Waals surface area (Å²) in [4.78, 5) is 11.4. The summed E-state index contributed by atoms with van der Waals surface area (Å²) >= 11 is 1.58. The molecule has 0 saturated carbocycles. The second-order valence-electron chi connectivity index (χ2n) is 2.82. The number of aromatic amines is 1. The molecule has 0 bridgehead atoms. The lowest BCUT2D eigenvalue weighted by Crippen LogP contribution is -2.19. The Hall–Kier alpha value is -1.01.